The molecule has 2 aromatic rings. The third-order valence-electron chi connectivity index (χ3n) is 4.71. The lowest BCUT2D eigenvalue weighted by Crippen LogP contribution is -2.41. The first-order valence-electron chi connectivity index (χ1n) is 8.26. The van der Waals surface area contributed by atoms with Crippen molar-refractivity contribution in [1.29, 1.82) is 0 Å². The molecule has 2 heterocycles. The first-order chi connectivity index (χ1) is 11.5. The van der Waals surface area contributed by atoms with Crippen LogP contribution in [-0.4, -0.2) is 44.9 Å². The summed E-state index contributed by atoms with van der Waals surface area (Å²) in [4.78, 5) is 14.6. The predicted octanol–water partition coefficient (Wildman–Crippen LogP) is 3.07. The molecule has 1 aliphatic rings. The zero-order chi connectivity index (χ0) is 17.3. The van der Waals surface area contributed by atoms with Crippen molar-refractivity contribution < 1.29 is 9.90 Å². The minimum Gasteiger partial charge on any atom is -0.393 e. The van der Waals surface area contributed by atoms with Crippen LogP contribution in [0, 0.1) is 12.8 Å². The summed E-state index contributed by atoms with van der Waals surface area (Å²) in [6.45, 7) is 5.02. The number of amides is 1. The summed E-state index contributed by atoms with van der Waals surface area (Å²) in [6.07, 6.45) is 3.17. The zero-order valence-corrected chi connectivity index (χ0v) is 14.7. The Bertz CT molecular complexity index is 734. The number of carbonyl (C=O) groups excluding carboxylic acids is 1. The molecule has 1 unspecified atom stereocenters. The van der Waals surface area contributed by atoms with E-state index >= 15 is 0 Å². The number of aliphatic hydroxyl groups is 1. The van der Waals surface area contributed by atoms with Gasteiger partial charge in [-0.15, -0.1) is 0 Å². The van der Waals surface area contributed by atoms with Crippen molar-refractivity contribution in [3.05, 3.63) is 46.7 Å². The van der Waals surface area contributed by atoms with E-state index in [1.165, 1.54) is 0 Å². The number of hydrogen-bond donors (Lipinski definition) is 1. The smallest absolute Gasteiger partial charge is 0.274 e. The lowest BCUT2D eigenvalue weighted by Gasteiger charge is -2.33. The molecule has 1 aromatic heterocycles. The number of nitrogens with zero attached hydrogens (tertiary/aromatic N) is 3. The van der Waals surface area contributed by atoms with E-state index in [9.17, 15) is 9.90 Å². The maximum Gasteiger partial charge on any atom is 0.274 e. The van der Waals surface area contributed by atoms with Gasteiger partial charge in [0.25, 0.3) is 5.91 Å². The lowest BCUT2D eigenvalue weighted by atomic mass is 9.92. The van der Waals surface area contributed by atoms with Gasteiger partial charge in [-0.3, -0.25) is 4.79 Å². The highest BCUT2D eigenvalue weighted by Crippen LogP contribution is 2.24. The van der Waals surface area contributed by atoms with Crippen molar-refractivity contribution >= 4 is 17.5 Å². The van der Waals surface area contributed by atoms with E-state index in [-0.39, 0.29) is 17.9 Å². The Morgan fingerprint density at radius 2 is 2.00 bits per heavy atom. The summed E-state index contributed by atoms with van der Waals surface area (Å²) in [5.74, 6) is 0.221. The van der Waals surface area contributed by atoms with E-state index in [2.05, 4.69) is 5.10 Å². The van der Waals surface area contributed by atoms with Crippen molar-refractivity contribution in [3.8, 4) is 5.69 Å². The Kier molecular flexibility index (Phi) is 4.92. The molecule has 0 bridgehead atoms. The molecule has 3 rings (SSSR count). The van der Waals surface area contributed by atoms with Gasteiger partial charge in [0.1, 0.15) is 0 Å². The largest absolute Gasteiger partial charge is 0.393 e. The first-order valence-corrected chi connectivity index (χ1v) is 8.63. The number of para-hydroxylation sites is 1. The Labute approximate surface area is 146 Å². The van der Waals surface area contributed by atoms with Crippen molar-refractivity contribution in [1.82, 2.24) is 14.7 Å². The monoisotopic (exact) mass is 347 g/mol. The number of hydrogen-bond acceptors (Lipinski definition) is 3. The second kappa shape index (κ2) is 6.95. The average Bonchev–Trinajstić information content (AvgIpc) is 2.96. The molecule has 128 valence electrons. The number of halogens is 1. The zero-order valence-electron chi connectivity index (χ0n) is 13.9. The third-order valence-corrected chi connectivity index (χ3v) is 5.03. The van der Waals surface area contributed by atoms with Gasteiger partial charge >= 0.3 is 0 Å². The van der Waals surface area contributed by atoms with Gasteiger partial charge in [-0.05, 0) is 44.7 Å². The van der Waals surface area contributed by atoms with E-state index in [1.54, 1.807) is 10.7 Å². The quantitative estimate of drug-likeness (QED) is 0.928. The lowest BCUT2D eigenvalue weighted by molar-refractivity contribution is 0.0516. The van der Waals surface area contributed by atoms with Crippen LogP contribution < -0.4 is 0 Å². The van der Waals surface area contributed by atoms with Gasteiger partial charge in [0.2, 0.25) is 0 Å². The standard InChI is InChI=1S/C18H22ClN3O2/c1-12-11-22(16-6-4-3-5-15(16)19)20-17(12)18(24)21-9-7-14(8-10-21)13(2)23/h3-6,11,13-14,23H,7-10H2,1-2H3. The van der Waals surface area contributed by atoms with Gasteiger partial charge in [0.15, 0.2) is 5.69 Å². The first kappa shape index (κ1) is 17.0. The van der Waals surface area contributed by atoms with Crippen molar-refractivity contribution in [2.24, 2.45) is 5.92 Å². The fourth-order valence-corrected chi connectivity index (χ4v) is 3.39. The maximum atomic E-state index is 12.8. The second-order valence-corrected chi connectivity index (χ2v) is 6.83. The van der Waals surface area contributed by atoms with Gasteiger partial charge in [0.05, 0.1) is 16.8 Å². The molecular formula is C18H22ClN3O2. The maximum absolute atomic E-state index is 12.8. The Morgan fingerprint density at radius 1 is 1.33 bits per heavy atom. The molecule has 1 aliphatic heterocycles. The van der Waals surface area contributed by atoms with E-state index in [0.717, 1.165) is 24.1 Å². The number of aliphatic hydroxyl groups excluding tert-OH is 1. The highest BCUT2D eigenvalue weighted by Gasteiger charge is 2.28. The van der Waals surface area contributed by atoms with Crippen molar-refractivity contribution in [2.45, 2.75) is 32.8 Å². The fourth-order valence-electron chi connectivity index (χ4n) is 3.17. The minimum atomic E-state index is -0.316. The summed E-state index contributed by atoms with van der Waals surface area (Å²) < 4.78 is 1.66. The number of rotatable bonds is 3. The molecule has 1 atom stereocenters. The van der Waals surface area contributed by atoms with Crippen LogP contribution in [-0.2, 0) is 0 Å². The molecule has 0 saturated carbocycles. The van der Waals surface area contributed by atoms with Crippen LogP contribution in [0.4, 0.5) is 0 Å². The number of aryl methyl sites for hydroxylation is 1. The molecule has 1 saturated heterocycles. The van der Waals surface area contributed by atoms with E-state index in [1.807, 2.05) is 43.1 Å². The number of carbonyl (C=O) groups is 1. The highest BCUT2D eigenvalue weighted by atomic mass is 35.5. The Hall–Kier alpha value is -1.85. The van der Waals surface area contributed by atoms with Crippen LogP contribution in [0.25, 0.3) is 5.69 Å². The number of likely N-dealkylation sites (tertiary alicyclic amines) is 1. The molecule has 0 radical (unpaired) electrons. The van der Waals surface area contributed by atoms with Crippen LogP contribution in [0.2, 0.25) is 5.02 Å². The van der Waals surface area contributed by atoms with Gasteiger partial charge in [-0.1, -0.05) is 23.7 Å². The normalized spacial score (nSPS) is 17.1. The van der Waals surface area contributed by atoms with Crippen LogP contribution in [0.3, 0.4) is 0 Å². The SMILES string of the molecule is Cc1cn(-c2ccccc2Cl)nc1C(=O)N1CCC(C(C)O)CC1. The number of benzene rings is 1. The molecule has 6 heteroatoms. The van der Waals surface area contributed by atoms with Crippen molar-refractivity contribution in [3.63, 3.8) is 0 Å². The average molecular weight is 348 g/mol. The fraction of sp³-hybridized carbons (Fsp3) is 0.444. The molecule has 1 amide bonds. The van der Waals surface area contributed by atoms with Gasteiger partial charge in [0, 0.05) is 24.8 Å². The summed E-state index contributed by atoms with van der Waals surface area (Å²) in [5, 5.41) is 14.7. The van der Waals surface area contributed by atoms with E-state index < -0.39 is 0 Å². The topological polar surface area (TPSA) is 58.4 Å². The molecule has 1 fully saturated rings. The summed E-state index contributed by atoms with van der Waals surface area (Å²) >= 11 is 6.21. The summed E-state index contributed by atoms with van der Waals surface area (Å²) in [7, 11) is 0. The van der Waals surface area contributed by atoms with E-state index in [4.69, 9.17) is 11.6 Å². The highest BCUT2D eigenvalue weighted by molar-refractivity contribution is 6.32. The summed E-state index contributed by atoms with van der Waals surface area (Å²) in [5.41, 5.74) is 2.05. The van der Waals surface area contributed by atoms with Crippen LogP contribution >= 0.6 is 11.6 Å². The molecule has 0 spiro atoms. The summed E-state index contributed by atoms with van der Waals surface area (Å²) in [6, 6.07) is 7.43. The number of piperidine rings is 1. The Balaban J connectivity index is 1.78. The third kappa shape index (κ3) is 3.32. The molecule has 1 aromatic carbocycles. The van der Waals surface area contributed by atoms with Crippen LogP contribution in [0.15, 0.2) is 30.5 Å². The van der Waals surface area contributed by atoms with Gasteiger partial charge in [-0.25, -0.2) is 4.68 Å². The minimum absolute atomic E-state index is 0.0534. The molecule has 5 nitrogen and oxygen atoms in total. The molecule has 24 heavy (non-hydrogen) atoms. The van der Waals surface area contributed by atoms with Gasteiger partial charge < -0.3 is 10.0 Å². The van der Waals surface area contributed by atoms with Crippen LogP contribution in [0.5, 0.6) is 0 Å². The van der Waals surface area contributed by atoms with Gasteiger partial charge in [-0.2, -0.15) is 5.10 Å². The molecule has 1 N–H and O–H groups in total. The van der Waals surface area contributed by atoms with E-state index in [0.29, 0.717) is 23.8 Å². The predicted molar refractivity (Wildman–Crippen MR) is 93.6 cm³/mol. The molecular weight excluding hydrogens is 326 g/mol. The second-order valence-electron chi connectivity index (χ2n) is 6.43. The van der Waals surface area contributed by atoms with Crippen molar-refractivity contribution in [2.75, 3.05) is 13.1 Å². The Morgan fingerprint density at radius 3 is 2.62 bits per heavy atom. The van der Waals surface area contributed by atoms with Crippen LogP contribution in [0.1, 0.15) is 35.8 Å². The number of aromatic nitrogens is 2. The molecule has 0 aliphatic carbocycles.